The summed E-state index contributed by atoms with van der Waals surface area (Å²) in [6.45, 7) is 2.21. The lowest BCUT2D eigenvalue weighted by molar-refractivity contribution is 0.302. The third kappa shape index (κ3) is 5.35. The molecule has 0 aliphatic carbocycles. The molecule has 4 aromatic rings. The zero-order valence-electron chi connectivity index (χ0n) is 16.7. The summed E-state index contributed by atoms with van der Waals surface area (Å²) >= 11 is 13.8. The lowest BCUT2D eigenvalue weighted by Crippen LogP contribution is -2.20. The predicted octanol–water partition coefficient (Wildman–Crippen LogP) is 6.79. The van der Waals surface area contributed by atoms with Crippen molar-refractivity contribution >= 4 is 89.8 Å². The lowest BCUT2D eigenvalue weighted by Gasteiger charge is -2.12. The Labute approximate surface area is 225 Å². The molecule has 5 nitrogen and oxygen atoms in total. The summed E-state index contributed by atoms with van der Waals surface area (Å²) in [6, 6.07) is 17.0. The van der Waals surface area contributed by atoms with Crippen LogP contribution in [-0.4, -0.2) is 15.9 Å². The summed E-state index contributed by atoms with van der Waals surface area (Å²) < 4.78 is 10.1. The summed E-state index contributed by atoms with van der Waals surface area (Å²) in [7, 11) is 0. The number of aromatic nitrogens is 2. The summed E-state index contributed by atoms with van der Waals surface area (Å²) in [5.74, 6) is 1.33. The van der Waals surface area contributed by atoms with E-state index in [0.717, 1.165) is 28.5 Å². The van der Waals surface area contributed by atoms with Gasteiger partial charge in [0.25, 0.3) is 5.56 Å². The molecule has 0 N–H and O–H groups in total. The van der Waals surface area contributed by atoms with Crippen LogP contribution in [0, 0.1) is 14.1 Å². The van der Waals surface area contributed by atoms with Gasteiger partial charge in [-0.3, -0.25) is 4.79 Å². The van der Waals surface area contributed by atoms with Crippen molar-refractivity contribution in [2.45, 2.75) is 13.5 Å². The average molecular weight is 735 g/mol. The summed E-state index contributed by atoms with van der Waals surface area (Å²) in [5, 5.41) is 5.62. The van der Waals surface area contributed by atoms with Gasteiger partial charge in [0, 0.05) is 9.50 Å². The first-order chi connectivity index (χ1) is 15.3. The number of benzene rings is 3. The standard InChI is InChI=1S/C23H15BrClI2N3O2/c1-13-29-21-7-4-16(24)10-18(21)23(31)30(13)28-11-15-8-19(26)22(20(27)9-15)32-12-14-2-5-17(25)6-3-14/h2-11H,12H2,1H3. The second kappa shape index (κ2) is 10.2. The van der Waals surface area contributed by atoms with Crippen molar-refractivity contribution in [3.63, 3.8) is 0 Å². The van der Waals surface area contributed by atoms with Gasteiger partial charge in [0.05, 0.1) is 24.3 Å². The van der Waals surface area contributed by atoms with Crippen LogP contribution in [-0.2, 0) is 6.61 Å². The van der Waals surface area contributed by atoms with Crippen molar-refractivity contribution in [1.29, 1.82) is 0 Å². The van der Waals surface area contributed by atoms with E-state index in [9.17, 15) is 4.79 Å². The monoisotopic (exact) mass is 733 g/mol. The maximum absolute atomic E-state index is 12.9. The summed E-state index contributed by atoms with van der Waals surface area (Å²) in [4.78, 5) is 17.4. The Morgan fingerprint density at radius 3 is 2.50 bits per heavy atom. The van der Waals surface area contributed by atoms with Gasteiger partial charge in [-0.2, -0.15) is 9.78 Å². The number of hydrogen-bond donors (Lipinski definition) is 0. The first-order valence-corrected chi connectivity index (χ1v) is 12.7. The smallest absolute Gasteiger partial charge is 0.282 e. The zero-order valence-corrected chi connectivity index (χ0v) is 23.3. The molecule has 0 saturated heterocycles. The molecular formula is C23H15BrClI2N3O2. The largest absolute Gasteiger partial charge is 0.487 e. The minimum Gasteiger partial charge on any atom is -0.487 e. The van der Waals surface area contributed by atoms with Crippen LogP contribution in [0.1, 0.15) is 17.0 Å². The molecule has 0 spiro atoms. The van der Waals surface area contributed by atoms with Gasteiger partial charge in [-0.1, -0.05) is 39.7 Å². The molecule has 162 valence electrons. The van der Waals surface area contributed by atoms with Crippen LogP contribution in [0.5, 0.6) is 5.75 Å². The molecule has 0 bridgehead atoms. The molecule has 4 rings (SSSR count). The molecule has 0 aliphatic rings. The Bertz CT molecular complexity index is 1380. The lowest BCUT2D eigenvalue weighted by atomic mass is 10.2. The highest BCUT2D eigenvalue weighted by Gasteiger charge is 2.10. The molecule has 9 heteroatoms. The van der Waals surface area contributed by atoms with E-state index >= 15 is 0 Å². The van der Waals surface area contributed by atoms with Gasteiger partial charge < -0.3 is 4.74 Å². The second-order valence-corrected chi connectivity index (χ2v) is 10.6. The minimum atomic E-state index is -0.211. The highest BCUT2D eigenvalue weighted by atomic mass is 127. The second-order valence-electron chi connectivity index (χ2n) is 6.91. The number of halogens is 4. The van der Waals surface area contributed by atoms with E-state index in [1.165, 1.54) is 4.68 Å². The molecule has 1 aromatic heterocycles. The Balaban J connectivity index is 1.60. The summed E-state index contributed by atoms with van der Waals surface area (Å²) in [6.07, 6.45) is 1.66. The van der Waals surface area contributed by atoms with E-state index in [2.05, 4.69) is 71.2 Å². The predicted molar refractivity (Wildman–Crippen MR) is 149 cm³/mol. The summed E-state index contributed by atoms with van der Waals surface area (Å²) in [5.41, 5.74) is 2.33. The van der Waals surface area contributed by atoms with Crippen LogP contribution < -0.4 is 10.3 Å². The fourth-order valence-corrected chi connectivity index (χ4v) is 5.66. The van der Waals surface area contributed by atoms with Crippen LogP contribution in [0.4, 0.5) is 0 Å². The zero-order chi connectivity index (χ0) is 22.8. The molecule has 0 fully saturated rings. The number of ether oxygens (including phenoxy) is 1. The molecule has 1 heterocycles. The van der Waals surface area contributed by atoms with Gasteiger partial charge >= 0.3 is 0 Å². The molecule has 3 aromatic carbocycles. The highest BCUT2D eigenvalue weighted by molar-refractivity contribution is 14.1. The van der Waals surface area contributed by atoms with E-state index in [0.29, 0.717) is 28.4 Å². The Kier molecular flexibility index (Phi) is 7.53. The van der Waals surface area contributed by atoms with Crippen LogP contribution in [0.15, 0.2) is 69.0 Å². The third-order valence-electron chi connectivity index (χ3n) is 4.61. The Hall–Kier alpha value is -1.50. The fraction of sp³-hybridized carbons (Fsp3) is 0.0870. The molecule has 0 aliphatic heterocycles. The average Bonchev–Trinajstić information content (AvgIpc) is 2.75. The van der Waals surface area contributed by atoms with E-state index in [-0.39, 0.29) is 5.56 Å². The van der Waals surface area contributed by atoms with Gasteiger partial charge in [0.2, 0.25) is 0 Å². The van der Waals surface area contributed by atoms with Crippen molar-refractivity contribution in [2.24, 2.45) is 5.10 Å². The topological polar surface area (TPSA) is 56.5 Å². The van der Waals surface area contributed by atoms with Gasteiger partial charge in [-0.05, 0) is 106 Å². The highest BCUT2D eigenvalue weighted by Crippen LogP contribution is 2.29. The first-order valence-electron chi connectivity index (χ1n) is 9.41. The van der Waals surface area contributed by atoms with Crippen LogP contribution in [0.3, 0.4) is 0 Å². The van der Waals surface area contributed by atoms with Crippen LogP contribution in [0.25, 0.3) is 10.9 Å². The first kappa shape index (κ1) is 23.7. The van der Waals surface area contributed by atoms with Crippen molar-refractivity contribution in [2.75, 3.05) is 0 Å². The molecule has 32 heavy (non-hydrogen) atoms. The van der Waals surface area contributed by atoms with Crippen molar-refractivity contribution in [3.8, 4) is 5.75 Å². The van der Waals surface area contributed by atoms with E-state index < -0.39 is 0 Å². The van der Waals surface area contributed by atoms with Gasteiger partial charge in [0.1, 0.15) is 18.2 Å². The molecule has 0 amide bonds. The van der Waals surface area contributed by atoms with Crippen LogP contribution >= 0.6 is 72.7 Å². The SMILES string of the molecule is Cc1nc2ccc(Br)cc2c(=O)n1N=Cc1cc(I)c(OCc2ccc(Cl)cc2)c(I)c1. The van der Waals surface area contributed by atoms with E-state index in [1.807, 2.05) is 48.5 Å². The quantitative estimate of drug-likeness (QED) is 0.168. The van der Waals surface area contributed by atoms with Crippen molar-refractivity contribution in [1.82, 2.24) is 9.66 Å². The Morgan fingerprint density at radius 1 is 1.12 bits per heavy atom. The number of rotatable bonds is 5. The molecule has 0 unspecified atom stereocenters. The van der Waals surface area contributed by atoms with Gasteiger partial charge in [0.15, 0.2) is 0 Å². The number of fused-ring (bicyclic) bond motifs is 1. The fourth-order valence-electron chi connectivity index (χ4n) is 3.05. The van der Waals surface area contributed by atoms with Crippen molar-refractivity contribution < 1.29 is 4.74 Å². The van der Waals surface area contributed by atoms with Gasteiger partial charge in [-0.15, -0.1) is 0 Å². The maximum atomic E-state index is 12.9. The number of hydrogen-bond acceptors (Lipinski definition) is 4. The third-order valence-corrected chi connectivity index (χ3v) is 6.96. The minimum absolute atomic E-state index is 0.211. The van der Waals surface area contributed by atoms with Crippen LogP contribution in [0.2, 0.25) is 5.02 Å². The Morgan fingerprint density at radius 2 is 1.81 bits per heavy atom. The number of aryl methyl sites for hydroxylation is 1. The molecular weight excluding hydrogens is 719 g/mol. The van der Waals surface area contributed by atoms with Gasteiger partial charge in [-0.25, -0.2) is 4.98 Å². The molecule has 0 saturated carbocycles. The van der Waals surface area contributed by atoms with E-state index in [4.69, 9.17) is 16.3 Å². The maximum Gasteiger partial charge on any atom is 0.282 e. The van der Waals surface area contributed by atoms with E-state index in [1.54, 1.807) is 19.2 Å². The number of nitrogens with zero attached hydrogens (tertiary/aromatic N) is 3. The normalized spacial score (nSPS) is 11.4. The van der Waals surface area contributed by atoms with Crippen molar-refractivity contribution in [3.05, 3.63) is 98.5 Å². The molecule has 0 atom stereocenters. The molecule has 0 radical (unpaired) electrons.